The largest absolute Gasteiger partial charge is 0.478 e. The lowest BCUT2D eigenvalue weighted by molar-refractivity contribution is 0.0678. The molecular weight excluding hydrogens is 760 g/mol. The lowest BCUT2D eigenvalue weighted by Crippen LogP contribution is -2.34. The molecule has 0 unspecified atom stereocenters. The van der Waals surface area contributed by atoms with Crippen LogP contribution in [0.5, 0.6) is 0 Å². The summed E-state index contributed by atoms with van der Waals surface area (Å²) in [7, 11) is 0. The Morgan fingerprint density at radius 3 is 1.07 bits per heavy atom. The van der Waals surface area contributed by atoms with Gasteiger partial charge in [0.25, 0.3) is 0 Å². The summed E-state index contributed by atoms with van der Waals surface area (Å²) in [6.07, 6.45) is 0.853. The van der Waals surface area contributed by atoms with Crippen molar-refractivity contribution in [3.05, 3.63) is 34.4 Å². The lowest BCUT2D eigenvalue weighted by atomic mass is 9.77. The minimum atomic E-state index is -1.05. The van der Waals surface area contributed by atoms with Crippen LogP contribution in [0.3, 0.4) is 0 Å². The van der Waals surface area contributed by atoms with Gasteiger partial charge in [-0.2, -0.15) is 0 Å². The zero-order valence-electron chi connectivity index (χ0n) is 14.8. The van der Waals surface area contributed by atoms with Crippen LogP contribution in [0.15, 0.2) is 12.1 Å². The maximum atomic E-state index is 12.0. The number of carbonyl (C=O) groups is 2. The molecule has 0 aliphatic heterocycles. The summed E-state index contributed by atoms with van der Waals surface area (Å²) < 4.78 is 0. The van der Waals surface area contributed by atoms with E-state index in [1.807, 2.05) is 0 Å². The third-order valence-corrected chi connectivity index (χ3v) is 11.8. The molecule has 0 amide bonds. The van der Waals surface area contributed by atoms with E-state index in [-0.39, 0.29) is 22.0 Å². The summed E-state index contributed by atoms with van der Waals surface area (Å²) in [5.74, 6) is -2.11. The molecule has 10 heteroatoms. The van der Waals surface area contributed by atoms with E-state index in [4.69, 9.17) is 0 Å². The first-order chi connectivity index (χ1) is 13.2. The van der Waals surface area contributed by atoms with E-state index in [1.54, 1.807) is 0 Å². The zero-order valence-corrected chi connectivity index (χ0v) is 24.3. The van der Waals surface area contributed by atoms with Gasteiger partial charge in [-0.3, -0.25) is 0 Å². The highest BCUT2D eigenvalue weighted by Gasteiger charge is 2.35. The second-order valence-electron chi connectivity index (χ2n) is 6.88. The molecule has 0 aliphatic rings. The molecule has 0 radical (unpaired) electrons. The van der Waals surface area contributed by atoms with Gasteiger partial charge in [-0.1, -0.05) is 95.6 Å². The topological polar surface area (TPSA) is 74.6 Å². The summed E-state index contributed by atoms with van der Waals surface area (Å²) in [6.45, 7) is 0. The van der Waals surface area contributed by atoms with Gasteiger partial charge in [-0.05, 0) is 36.1 Å². The Labute approximate surface area is 215 Å². The molecular formula is C18H20Br6O4. The molecule has 0 saturated heterocycles. The number of aromatic carboxylic acids is 2. The molecule has 0 spiro atoms. The Hall–Kier alpha value is 1.04. The Bertz CT molecular complexity index is 626. The highest BCUT2D eigenvalue weighted by molar-refractivity contribution is 9.10. The summed E-state index contributed by atoms with van der Waals surface area (Å²) in [5, 5.41) is 23.4. The fourth-order valence-electron chi connectivity index (χ4n) is 2.75. The van der Waals surface area contributed by atoms with Gasteiger partial charge in [-0.25, -0.2) is 9.59 Å². The molecule has 0 aliphatic carbocycles. The van der Waals surface area contributed by atoms with E-state index in [0.717, 1.165) is 0 Å². The number of hydrogen-bond donors (Lipinski definition) is 2. The molecule has 1 aromatic rings. The van der Waals surface area contributed by atoms with Crippen molar-refractivity contribution >= 4 is 108 Å². The molecule has 0 bridgehead atoms. The van der Waals surface area contributed by atoms with Crippen molar-refractivity contribution in [2.75, 3.05) is 32.0 Å². The molecule has 0 heterocycles. The van der Waals surface area contributed by atoms with Crippen molar-refractivity contribution in [3.63, 3.8) is 0 Å². The number of rotatable bonds is 12. The van der Waals surface area contributed by atoms with Crippen LogP contribution in [-0.4, -0.2) is 54.1 Å². The van der Waals surface area contributed by atoms with Crippen molar-refractivity contribution in [3.8, 4) is 0 Å². The molecule has 1 rings (SSSR count). The number of benzene rings is 1. The Kier molecular flexibility index (Phi) is 11.8. The molecule has 0 aromatic heterocycles. The van der Waals surface area contributed by atoms with Crippen LogP contribution in [-0.2, 0) is 12.8 Å². The van der Waals surface area contributed by atoms with Gasteiger partial charge < -0.3 is 10.2 Å². The molecule has 0 atom stereocenters. The first-order valence-electron chi connectivity index (χ1n) is 8.16. The van der Waals surface area contributed by atoms with Gasteiger partial charge >= 0.3 is 11.9 Å². The van der Waals surface area contributed by atoms with Crippen LogP contribution in [0.25, 0.3) is 0 Å². The summed E-state index contributed by atoms with van der Waals surface area (Å²) in [6, 6.07) is 2.81. The molecule has 0 saturated carbocycles. The van der Waals surface area contributed by atoms with E-state index in [9.17, 15) is 19.8 Å². The van der Waals surface area contributed by atoms with Crippen molar-refractivity contribution in [1.29, 1.82) is 0 Å². The average molecular weight is 780 g/mol. The second kappa shape index (κ2) is 12.2. The second-order valence-corrected chi connectivity index (χ2v) is 10.2. The van der Waals surface area contributed by atoms with E-state index in [2.05, 4.69) is 95.6 Å². The molecule has 4 nitrogen and oxygen atoms in total. The van der Waals surface area contributed by atoms with Crippen molar-refractivity contribution < 1.29 is 19.8 Å². The van der Waals surface area contributed by atoms with Gasteiger partial charge in [0.05, 0.1) is 11.1 Å². The molecule has 2 N–H and O–H groups in total. The van der Waals surface area contributed by atoms with Gasteiger partial charge in [0, 0.05) is 42.8 Å². The van der Waals surface area contributed by atoms with E-state index >= 15 is 0 Å². The highest BCUT2D eigenvalue weighted by Crippen LogP contribution is 2.38. The van der Waals surface area contributed by atoms with Crippen LogP contribution in [0.2, 0.25) is 0 Å². The number of halogens is 6. The van der Waals surface area contributed by atoms with Gasteiger partial charge in [0.15, 0.2) is 0 Å². The minimum absolute atomic E-state index is 0.153. The zero-order chi connectivity index (χ0) is 21.5. The maximum Gasteiger partial charge on any atom is 0.335 e. The van der Waals surface area contributed by atoms with Crippen molar-refractivity contribution in [1.82, 2.24) is 0 Å². The third kappa shape index (κ3) is 6.28. The molecule has 1 aromatic carbocycles. The number of carboxylic acids is 2. The monoisotopic (exact) mass is 774 g/mol. The van der Waals surface area contributed by atoms with Crippen LogP contribution in [0, 0.1) is 10.8 Å². The SMILES string of the molecule is O=C(O)c1ccc(C(=O)O)c(CC(CBr)(CBr)CBr)c1CC(CBr)(CBr)CBr. The van der Waals surface area contributed by atoms with Crippen LogP contribution in [0.1, 0.15) is 31.8 Å². The smallest absolute Gasteiger partial charge is 0.335 e. The van der Waals surface area contributed by atoms with Gasteiger partial charge in [0.1, 0.15) is 0 Å². The Balaban J connectivity index is 3.79. The third-order valence-electron chi connectivity index (χ3n) is 4.70. The first kappa shape index (κ1) is 27.1. The van der Waals surface area contributed by atoms with Gasteiger partial charge in [0.2, 0.25) is 0 Å². The average Bonchev–Trinajstić information content (AvgIpc) is 2.70. The number of carboxylic acid groups (broad SMARTS) is 2. The maximum absolute atomic E-state index is 12.0. The van der Waals surface area contributed by atoms with Gasteiger partial charge in [-0.15, -0.1) is 0 Å². The molecule has 28 heavy (non-hydrogen) atoms. The van der Waals surface area contributed by atoms with E-state index in [1.165, 1.54) is 12.1 Å². The summed E-state index contributed by atoms with van der Waals surface area (Å²) >= 11 is 21.2. The van der Waals surface area contributed by atoms with E-state index in [0.29, 0.717) is 55.9 Å². The highest BCUT2D eigenvalue weighted by atomic mass is 79.9. The first-order valence-corrected chi connectivity index (χ1v) is 14.9. The summed E-state index contributed by atoms with van der Waals surface area (Å²) in [4.78, 5) is 23.9. The van der Waals surface area contributed by atoms with Crippen molar-refractivity contribution in [2.45, 2.75) is 12.8 Å². The Morgan fingerprint density at radius 1 is 0.643 bits per heavy atom. The molecule has 158 valence electrons. The Morgan fingerprint density at radius 2 is 0.893 bits per heavy atom. The van der Waals surface area contributed by atoms with Crippen molar-refractivity contribution in [2.24, 2.45) is 10.8 Å². The summed E-state index contributed by atoms with van der Waals surface area (Å²) in [5.41, 5.74) is 0.877. The standard InChI is InChI=1S/C18H20Br6O4/c19-5-17(6-20,7-21)3-13-11(15(25)26)1-2-12(16(27)28)14(13)4-18(8-22,9-23)10-24/h1-2H,3-10H2,(H,25,26)(H,27,28). The fourth-order valence-corrected chi connectivity index (χ4v) is 9.51. The lowest BCUT2D eigenvalue weighted by Gasteiger charge is -2.33. The predicted molar refractivity (Wildman–Crippen MR) is 135 cm³/mol. The van der Waals surface area contributed by atoms with Crippen LogP contribution >= 0.6 is 95.6 Å². The number of hydrogen-bond acceptors (Lipinski definition) is 2. The minimum Gasteiger partial charge on any atom is -0.478 e. The van der Waals surface area contributed by atoms with Crippen LogP contribution < -0.4 is 0 Å². The number of alkyl halides is 6. The molecule has 0 fully saturated rings. The normalized spacial score (nSPS) is 12.2. The quantitative estimate of drug-likeness (QED) is 0.238. The van der Waals surface area contributed by atoms with Crippen LogP contribution in [0.4, 0.5) is 0 Å². The predicted octanol–water partition coefficient (Wildman–Crippen LogP) is 6.51. The van der Waals surface area contributed by atoms with E-state index < -0.39 is 11.9 Å². The fraction of sp³-hybridized carbons (Fsp3) is 0.556.